The molecule has 1 heterocycles. The topological polar surface area (TPSA) is 40.5 Å². The lowest BCUT2D eigenvalue weighted by Crippen LogP contribution is -2.28. The molecule has 0 radical (unpaired) electrons. The van der Waals surface area contributed by atoms with Crippen LogP contribution in [0.2, 0.25) is 0 Å². The van der Waals surface area contributed by atoms with Crippen molar-refractivity contribution in [1.29, 1.82) is 0 Å². The predicted molar refractivity (Wildman–Crippen MR) is 62.2 cm³/mol. The van der Waals surface area contributed by atoms with E-state index in [0.717, 1.165) is 24.8 Å². The first-order chi connectivity index (χ1) is 7.70. The summed E-state index contributed by atoms with van der Waals surface area (Å²) < 4.78 is 0. The molecule has 1 fully saturated rings. The molecule has 16 heavy (non-hydrogen) atoms. The van der Waals surface area contributed by atoms with E-state index in [0.29, 0.717) is 6.54 Å². The summed E-state index contributed by atoms with van der Waals surface area (Å²) in [6, 6.07) is 7.78. The Morgan fingerprint density at radius 3 is 2.62 bits per heavy atom. The van der Waals surface area contributed by atoms with Gasteiger partial charge in [-0.1, -0.05) is 29.8 Å². The van der Waals surface area contributed by atoms with Crippen LogP contribution in [-0.2, 0) is 4.79 Å². The number of nitrogens with zero attached hydrogens (tertiary/aromatic N) is 1. The Morgan fingerprint density at radius 1 is 1.44 bits per heavy atom. The standard InChI is InChI=1S/C13H17NO2/c1-10-2-4-11(5-3-10)13(9-15)14-7-6-12(16)8-14/h2-5,9,12-13,16H,6-8H2,1H3. The maximum atomic E-state index is 11.2. The molecule has 2 rings (SSSR count). The first-order valence-corrected chi connectivity index (χ1v) is 5.64. The highest BCUT2D eigenvalue weighted by Gasteiger charge is 2.27. The van der Waals surface area contributed by atoms with Gasteiger partial charge in [-0.3, -0.25) is 4.90 Å². The highest BCUT2D eigenvalue weighted by atomic mass is 16.3. The number of carbonyl (C=O) groups excluding carboxylic acids is 1. The van der Waals surface area contributed by atoms with Gasteiger partial charge in [0.2, 0.25) is 0 Å². The maximum Gasteiger partial charge on any atom is 0.141 e. The Hall–Kier alpha value is -1.19. The van der Waals surface area contributed by atoms with Crippen molar-refractivity contribution >= 4 is 6.29 Å². The SMILES string of the molecule is Cc1ccc(C(C=O)N2CCC(O)C2)cc1. The molecule has 0 aromatic heterocycles. The number of aryl methyl sites for hydroxylation is 1. The number of hydrogen-bond acceptors (Lipinski definition) is 3. The van der Waals surface area contributed by atoms with Gasteiger partial charge in [0.05, 0.1) is 12.1 Å². The Balaban J connectivity index is 2.16. The number of aldehydes is 1. The molecule has 1 aliphatic rings. The Labute approximate surface area is 95.7 Å². The zero-order valence-corrected chi connectivity index (χ0v) is 9.47. The number of β-amino-alcohol motifs (C(OH)–C–C–N with tert-alkyl or cyclic N) is 1. The van der Waals surface area contributed by atoms with Crippen molar-refractivity contribution in [3.05, 3.63) is 35.4 Å². The number of benzene rings is 1. The van der Waals surface area contributed by atoms with E-state index in [2.05, 4.69) is 0 Å². The van der Waals surface area contributed by atoms with Crippen LogP contribution in [-0.4, -0.2) is 35.5 Å². The van der Waals surface area contributed by atoms with E-state index in [1.165, 1.54) is 5.56 Å². The minimum Gasteiger partial charge on any atom is -0.392 e. The number of aliphatic hydroxyl groups excluding tert-OH is 1. The van der Waals surface area contributed by atoms with Gasteiger partial charge in [-0.15, -0.1) is 0 Å². The van der Waals surface area contributed by atoms with Crippen LogP contribution in [0.4, 0.5) is 0 Å². The maximum absolute atomic E-state index is 11.2. The van der Waals surface area contributed by atoms with E-state index in [1.54, 1.807) is 0 Å². The lowest BCUT2D eigenvalue weighted by molar-refractivity contribution is -0.112. The first kappa shape index (κ1) is 11.3. The average Bonchev–Trinajstić information content (AvgIpc) is 2.69. The highest BCUT2D eigenvalue weighted by Crippen LogP contribution is 2.23. The summed E-state index contributed by atoms with van der Waals surface area (Å²) >= 11 is 0. The first-order valence-electron chi connectivity index (χ1n) is 5.64. The van der Waals surface area contributed by atoms with Gasteiger partial charge in [0.25, 0.3) is 0 Å². The largest absolute Gasteiger partial charge is 0.392 e. The van der Waals surface area contributed by atoms with Crippen molar-refractivity contribution in [2.75, 3.05) is 13.1 Å². The van der Waals surface area contributed by atoms with Gasteiger partial charge in [-0.2, -0.15) is 0 Å². The summed E-state index contributed by atoms with van der Waals surface area (Å²) in [6.07, 6.45) is 1.44. The fourth-order valence-electron chi connectivity index (χ4n) is 2.16. The van der Waals surface area contributed by atoms with Crippen LogP contribution < -0.4 is 0 Å². The third-order valence-corrected chi connectivity index (χ3v) is 3.14. The van der Waals surface area contributed by atoms with Crippen molar-refractivity contribution in [2.24, 2.45) is 0 Å². The van der Waals surface area contributed by atoms with Crippen LogP contribution in [0.15, 0.2) is 24.3 Å². The minimum atomic E-state index is -0.284. The molecule has 1 N–H and O–H groups in total. The third kappa shape index (κ3) is 2.31. The van der Waals surface area contributed by atoms with Crippen LogP contribution in [0.5, 0.6) is 0 Å². The lowest BCUT2D eigenvalue weighted by Gasteiger charge is -2.22. The number of rotatable bonds is 3. The molecule has 0 aliphatic carbocycles. The third-order valence-electron chi connectivity index (χ3n) is 3.14. The molecule has 1 saturated heterocycles. The molecule has 1 aromatic rings. The second-order valence-corrected chi connectivity index (χ2v) is 4.43. The molecule has 2 atom stereocenters. The van der Waals surface area contributed by atoms with Crippen molar-refractivity contribution in [2.45, 2.75) is 25.5 Å². The molecule has 0 bridgehead atoms. The lowest BCUT2D eigenvalue weighted by atomic mass is 10.1. The molecule has 3 heteroatoms. The van der Waals surface area contributed by atoms with Gasteiger partial charge in [0.1, 0.15) is 6.29 Å². The number of likely N-dealkylation sites (tertiary alicyclic amines) is 1. The predicted octanol–water partition coefficient (Wildman–Crippen LogP) is 1.30. The summed E-state index contributed by atoms with van der Waals surface area (Å²) in [5.41, 5.74) is 2.20. The molecule has 1 aromatic carbocycles. The molecular weight excluding hydrogens is 202 g/mol. The molecule has 2 unspecified atom stereocenters. The Bertz CT molecular complexity index is 361. The summed E-state index contributed by atoms with van der Waals surface area (Å²) in [7, 11) is 0. The van der Waals surface area contributed by atoms with Gasteiger partial charge in [-0.05, 0) is 18.9 Å². The normalized spacial score (nSPS) is 23.2. The van der Waals surface area contributed by atoms with Crippen LogP contribution in [0.1, 0.15) is 23.6 Å². The second-order valence-electron chi connectivity index (χ2n) is 4.43. The number of carbonyl (C=O) groups is 1. The molecule has 3 nitrogen and oxygen atoms in total. The quantitative estimate of drug-likeness (QED) is 0.779. The number of aliphatic hydroxyl groups is 1. The van der Waals surface area contributed by atoms with E-state index < -0.39 is 0 Å². The van der Waals surface area contributed by atoms with Crippen molar-refractivity contribution in [3.8, 4) is 0 Å². The zero-order valence-electron chi connectivity index (χ0n) is 9.47. The Kier molecular flexibility index (Phi) is 3.36. The molecule has 0 saturated carbocycles. The Morgan fingerprint density at radius 2 is 2.12 bits per heavy atom. The molecule has 0 amide bonds. The van der Waals surface area contributed by atoms with Crippen LogP contribution in [0.3, 0.4) is 0 Å². The summed E-state index contributed by atoms with van der Waals surface area (Å²) in [5.74, 6) is 0. The molecular formula is C13H17NO2. The molecule has 86 valence electrons. The van der Waals surface area contributed by atoms with E-state index in [4.69, 9.17) is 0 Å². The van der Waals surface area contributed by atoms with Crippen LogP contribution >= 0.6 is 0 Å². The average molecular weight is 219 g/mol. The summed E-state index contributed by atoms with van der Waals surface area (Å²) in [6.45, 7) is 3.41. The fraction of sp³-hybridized carbons (Fsp3) is 0.462. The summed E-state index contributed by atoms with van der Waals surface area (Å²) in [4.78, 5) is 13.2. The van der Waals surface area contributed by atoms with Gasteiger partial charge in [-0.25, -0.2) is 0 Å². The van der Waals surface area contributed by atoms with Gasteiger partial charge in [0.15, 0.2) is 0 Å². The molecule has 1 aliphatic heterocycles. The van der Waals surface area contributed by atoms with Crippen LogP contribution in [0, 0.1) is 6.92 Å². The van der Waals surface area contributed by atoms with Crippen molar-refractivity contribution in [1.82, 2.24) is 4.90 Å². The zero-order chi connectivity index (χ0) is 11.5. The van der Waals surface area contributed by atoms with Gasteiger partial charge < -0.3 is 9.90 Å². The van der Waals surface area contributed by atoms with Gasteiger partial charge in [0, 0.05) is 13.1 Å². The smallest absolute Gasteiger partial charge is 0.141 e. The van der Waals surface area contributed by atoms with Crippen molar-refractivity contribution < 1.29 is 9.90 Å². The van der Waals surface area contributed by atoms with E-state index in [1.807, 2.05) is 36.1 Å². The summed E-state index contributed by atoms with van der Waals surface area (Å²) in [5, 5.41) is 9.48. The second kappa shape index (κ2) is 4.76. The van der Waals surface area contributed by atoms with Gasteiger partial charge >= 0.3 is 0 Å². The van der Waals surface area contributed by atoms with Crippen LogP contribution in [0.25, 0.3) is 0 Å². The number of hydrogen-bond donors (Lipinski definition) is 1. The molecule has 0 spiro atoms. The van der Waals surface area contributed by atoms with E-state index in [9.17, 15) is 9.90 Å². The highest BCUT2D eigenvalue weighted by molar-refractivity contribution is 5.61. The van der Waals surface area contributed by atoms with Crippen molar-refractivity contribution in [3.63, 3.8) is 0 Å². The van der Waals surface area contributed by atoms with E-state index in [-0.39, 0.29) is 12.1 Å². The van der Waals surface area contributed by atoms with E-state index >= 15 is 0 Å². The monoisotopic (exact) mass is 219 g/mol. The minimum absolute atomic E-state index is 0.210. The fourth-order valence-corrected chi connectivity index (χ4v) is 2.16.